The molecule has 0 aromatic rings. The zero-order chi connectivity index (χ0) is 4.24. The quantitative estimate of drug-likeness (QED) is 0.445. The minimum Gasteiger partial charge on any atom is -0.355 e. The van der Waals surface area contributed by atoms with Crippen molar-refractivity contribution in [1.82, 2.24) is 5.09 Å². The summed E-state index contributed by atoms with van der Waals surface area (Å²) in [5.74, 6) is 0. The molecule has 0 spiro atoms. The van der Waals surface area contributed by atoms with Crippen LogP contribution in [-0.2, 0) is 0 Å². The lowest BCUT2D eigenvalue weighted by molar-refractivity contribution is 1.39. The molecule has 6 heavy (non-hydrogen) atoms. The van der Waals surface area contributed by atoms with Crippen LogP contribution in [0.25, 0.3) is 0 Å². The van der Waals surface area contributed by atoms with Crippen LogP contribution in [0, 0.1) is 0 Å². The summed E-state index contributed by atoms with van der Waals surface area (Å²) >= 11 is 0. The predicted molar refractivity (Wildman–Crippen MR) is 29.1 cm³/mol. The van der Waals surface area contributed by atoms with Crippen LogP contribution >= 0.6 is 8.88 Å². The maximum atomic E-state index is 3.88. The van der Waals surface area contributed by atoms with E-state index in [1.54, 1.807) is 6.21 Å². The number of rotatable bonds is 0. The van der Waals surface area contributed by atoms with Gasteiger partial charge in [0.25, 0.3) is 0 Å². The van der Waals surface area contributed by atoms with Gasteiger partial charge < -0.3 is 5.09 Å². The van der Waals surface area contributed by atoms with E-state index in [4.69, 9.17) is 0 Å². The van der Waals surface area contributed by atoms with Crippen LogP contribution < -0.4 is 5.09 Å². The van der Waals surface area contributed by atoms with Crippen LogP contribution in [-0.4, -0.2) is 6.21 Å². The molecule has 0 saturated heterocycles. The molecule has 1 atom stereocenters. The van der Waals surface area contributed by atoms with E-state index >= 15 is 0 Å². The normalized spacial score (nSPS) is 21.3. The van der Waals surface area contributed by atoms with Crippen LogP contribution in [0.3, 0.4) is 0 Å². The van der Waals surface area contributed by atoms with E-state index < -0.39 is 0 Å². The van der Waals surface area contributed by atoms with Gasteiger partial charge in [-0.1, -0.05) is 0 Å². The highest BCUT2D eigenvalue weighted by Crippen LogP contribution is 2.04. The summed E-state index contributed by atoms with van der Waals surface area (Å²) in [4.78, 5) is 0. The van der Waals surface area contributed by atoms with Gasteiger partial charge in [0.05, 0.1) is 8.88 Å². The van der Waals surface area contributed by atoms with Crippen LogP contribution in [0.5, 0.6) is 0 Å². The fourth-order valence-electron chi connectivity index (χ4n) is 0.246. The largest absolute Gasteiger partial charge is 0.355 e. The van der Waals surface area contributed by atoms with Crippen molar-refractivity contribution in [3.8, 4) is 0 Å². The van der Waals surface area contributed by atoms with Crippen molar-refractivity contribution in [3.05, 3.63) is 12.3 Å². The molecular weight excluding hydrogens is 95.0 g/mol. The first-order chi connectivity index (χ1) is 3.00. The van der Waals surface area contributed by atoms with Crippen molar-refractivity contribution < 1.29 is 0 Å². The molecule has 32 valence electrons. The Morgan fingerprint density at radius 2 is 2.67 bits per heavy atom. The van der Waals surface area contributed by atoms with E-state index in [-0.39, 0.29) is 0 Å². The molecule has 0 bridgehead atoms. The summed E-state index contributed by atoms with van der Waals surface area (Å²) in [6.45, 7) is 0. The van der Waals surface area contributed by atoms with Gasteiger partial charge in [-0.15, -0.1) is 0 Å². The van der Waals surface area contributed by atoms with Crippen molar-refractivity contribution >= 4 is 15.1 Å². The number of hydrogen-bond donors (Lipinski definition) is 1. The van der Waals surface area contributed by atoms with Crippen molar-refractivity contribution in [2.45, 2.75) is 0 Å². The summed E-state index contributed by atoms with van der Waals surface area (Å²) in [6, 6.07) is 0. The second-order valence-corrected chi connectivity index (χ2v) is 1.66. The zero-order valence-corrected chi connectivity index (χ0v) is 4.18. The molecule has 0 amide bonds. The van der Waals surface area contributed by atoms with Gasteiger partial charge in [0.15, 0.2) is 0 Å². The molecule has 2 nitrogen and oxygen atoms in total. The lowest BCUT2D eigenvalue weighted by Crippen LogP contribution is -1.88. The molecule has 0 fully saturated rings. The Balaban J connectivity index is 2.46. The summed E-state index contributed by atoms with van der Waals surface area (Å²) in [5, 5.41) is 2.93. The number of hydrogen-bond acceptors (Lipinski definition) is 2. The Bertz CT molecular complexity index is 74.8. The van der Waals surface area contributed by atoms with Gasteiger partial charge in [0, 0.05) is 12.4 Å². The third kappa shape index (κ3) is 0.798. The van der Waals surface area contributed by atoms with Crippen LogP contribution in [0.15, 0.2) is 17.0 Å². The topological polar surface area (TPSA) is 24.4 Å². The summed E-state index contributed by atoms with van der Waals surface area (Å²) in [6.07, 6.45) is 5.54. The second kappa shape index (κ2) is 1.93. The van der Waals surface area contributed by atoms with E-state index in [2.05, 4.69) is 9.85 Å². The van der Waals surface area contributed by atoms with E-state index in [0.29, 0.717) is 8.88 Å². The Morgan fingerprint density at radius 3 is 2.83 bits per heavy atom. The van der Waals surface area contributed by atoms with Crippen molar-refractivity contribution in [3.63, 3.8) is 0 Å². The molecule has 0 saturated carbocycles. The van der Waals surface area contributed by atoms with Gasteiger partial charge in [-0.05, 0) is 6.08 Å². The Hall–Kier alpha value is -0.360. The average Bonchev–Trinajstić information content (AvgIpc) is 1.72. The lowest BCUT2D eigenvalue weighted by atomic mass is 10.7. The van der Waals surface area contributed by atoms with Crippen LogP contribution in [0.4, 0.5) is 0 Å². The van der Waals surface area contributed by atoms with Gasteiger partial charge in [0.2, 0.25) is 0 Å². The van der Waals surface area contributed by atoms with E-state index in [1.807, 2.05) is 12.3 Å². The first kappa shape index (κ1) is 3.82. The van der Waals surface area contributed by atoms with Gasteiger partial charge in [-0.3, -0.25) is 4.76 Å². The van der Waals surface area contributed by atoms with Crippen molar-refractivity contribution in [2.24, 2.45) is 4.76 Å². The molecule has 0 aromatic heterocycles. The summed E-state index contributed by atoms with van der Waals surface area (Å²) in [7, 11) is 0.534. The summed E-state index contributed by atoms with van der Waals surface area (Å²) in [5.41, 5.74) is 0. The SMILES string of the molecule is C1=CNPN=C1. The van der Waals surface area contributed by atoms with Gasteiger partial charge in [0.1, 0.15) is 0 Å². The van der Waals surface area contributed by atoms with Crippen LogP contribution in [0.2, 0.25) is 0 Å². The van der Waals surface area contributed by atoms with Gasteiger partial charge in [-0.25, -0.2) is 0 Å². The number of allylic oxidation sites excluding steroid dienone is 1. The molecule has 1 unspecified atom stereocenters. The van der Waals surface area contributed by atoms with E-state index in [0.717, 1.165) is 0 Å². The van der Waals surface area contributed by atoms with Gasteiger partial charge >= 0.3 is 0 Å². The number of nitrogens with one attached hydrogen (secondary N) is 1. The Morgan fingerprint density at radius 1 is 1.67 bits per heavy atom. The molecule has 1 heterocycles. The van der Waals surface area contributed by atoms with E-state index in [1.165, 1.54) is 0 Å². The van der Waals surface area contributed by atoms with Crippen LogP contribution in [0.1, 0.15) is 0 Å². The fraction of sp³-hybridized carbons (Fsp3) is 0. The molecule has 0 aliphatic carbocycles. The predicted octanol–water partition coefficient (Wildman–Crippen LogP) is 0.683. The zero-order valence-electron chi connectivity index (χ0n) is 3.18. The lowest BCUT2D eigenvalue weighted by Gasteiger charge is -1.93. The highest BCUT2D eigenvalue weighted by Gasteiger charge is 1.74. The first-order valence-corrected chi connectivity index (χ1v) is 2.63. The average molecular weight is 100 g/mol. The smallest absolute Gasteiger partial charge is 0.0979 e. The van der Waals surface area contributed by atoms with E-state index in [9.17, 15) is 0 Å². The van der Waals surface area contributed by atoms with Crippen molar-refractivity contribution in [1.29, 1.82) is 0 Å². The minimum absolute atomic E-state index is 0.534. The standard InChI is InChI=1S/C3H5N2P/c1-2-4-6-5-3-1/h1-4,6H. The third-order valence-electron chi connectivity index (χ3n) is 0.469. The minimum atomic E-state index is 0.534. The highest BCUT2D eigenvalue weighted by molar-refractivity contribution is 7.34. The molecule has 1 N–H and O–H groups in total. The molecule has 3 heteroatoms. The summed E-state index contributed by atoms with van der Waals surface area (Å²) < 4.78 is 3.88. The highest BCUT2D eigenvalue weighted by atomic mass is 31.1. The Labute approximate surface area is 38.2 Å². The maximum Gasteiger partial charge on any atom is 0.0979 e. The molecule has 1 aliphatic heterocycles. The maximum absolute atomic E-state index is 3.88. The fourth-order valence-corrected chi connectivity index (χ4v) is 0.652. The first-order valence-electron chi connectivity index (χ1n) is 1.69. The van der Waals surface area contributed by atoms with Crippen molar-refractivity contribution in [2.75, 3.05) is 0 Å². The third-order valence-corrected chi connectivity index (χ3v) is 1.04. The Kier molecular flexibility index (Phi) is 1.23. The number of nitrogens with zero attached hydrogens (tertiary/aromatic N) is 1. The molecule has 1 aliphatic rings. The second-order valence-electron chi connectivity index (χ2n) is 0.893. The molecule has 0 radical (unpaired) electrons. The monoisotopic (exact) mass is 100 g/mol. The molecular formula is C3H5N2P. The molecule has 0 aromatic carbocycles. The van der Waals surface area contributed by atoms with Gasteiger partial charge in [-0.2, -0.15) is 0 Å². The molecule has 1 rings (SSSR count).